The van der Waals surface area contributed by atoms with E-state index < -0.39 is 35.0 Å². The minimum absolute atomic E-state index is 0.0340. The summed E-state index contributed by atoms with van der Waals surface area (Å²) in [4.78, 5) is 13.2. The van der Waals surface area contributed by atoms with Crippen LogP contribution in [-0.2, 0) is 4.74 Å². The van der Waals surface area contributed by atoms with Gasteiger partial charge < -0.3 is 9.64 Å². The van der Waals surface area contributed by atoms with E-state index in [0.717, 1.165) is 6.07 Å². The molecular formula is C12H9F3N2O2. The van der Waals surface area contributed by atoms with Crippen molar-refractivity contribution in [3.05, 3.63) is 35.1 Å². The normalized spacial score (nSPS) is 19.1. The van der Waals surface area contributed by atoms with Crippen molar-refractivity contribution in [1.82, 2.24) is 4.90 Å². The van der Waals surface area contributed by atoms with E-state index in [-0.39, 0.29) is 19.7 Å². The molecule has 1 saturated heterocycles. The highest BCUT2D eigenvalue weighted by Gasteiger charge is 2.28. The van der Waals surface area contributed by atoms with Gasteiger partial charge in [0.15, 0.2) is 23.6 Å². The van der Waals surface area contributed by atoms with Crippen molar-refractivity contribution in [2.45, 2.75) is 6.10 Å². The molecule has 0 aliphatic carbocycles. The zero-order chi connectivity index (χ0) is 14.0. The number of amides is 1. The molecular weight excluding hydrogens is 261 g/mol. The quantitative estimate of drug-likeness (QED) is 0.726. The molecule has 1 unspecified atom stereocenters. The Morgan fingerprint density at radius 3 is 2.79 bits per heavy atom. The van der Waals surface area contributed by atoms with Crippen LogP contribution in [0.25, 0.3) is 0 Å². The molecule has 1 aromatic rings. The standard InChI is InChI=1S/C12H9F3N2O2/c13-9-2-1-8(10(14)11(9)15)12(18)17-3-4-19-7(5-16)6-17/h1-2,7H,3-4,6H2. The number of hydrogen-bond acceptors (Lipinski definition) is 3. The molecule has 0 saturated carbocycles. The lowest BCUT2D eigenvalue weighted by Gasteiger charge is -2.29. The van der Waals surface area contributed by atoms with Crippen LogP contribution in [0.1, 0.15) is 10.4 Å². The minimum Gasteiger partial charge on any atom is -0.360 e. The maximum absolute atomic E-state index is 13.5. The molecule has 2 rings (SSSR count). The Balaban J connectivity index is 2.25. The molecule has 1 atom stereocenters. The molecule has 0 spiro atoms. The lowest BCUT2D eigenvalue weighted by Crippen LogP contribution is -2.45. The van der Waals surface area contributed by atoms with Gasteiger partial charge in [0.2, 0.25) is 0 Å². The van der Waals surface area contributed by atoms with Gasteiger partial charge >= 0.3 is 0 Å². The van der Waals surface area contributed by atoms with Crippen molar-refractivity contribution in [3.63, 3.8) is 0 Å². The number of carbonyl (C=O) groups excluding carboxylic acids is 1. The van der Waals surface area contributed by atoms with Gasteiger partial charge in [-0.3, -0.25) is 4.79 Å². The number of hydrogen-bond donors (Lipinski definition) is 0. The van der Waals surface area contributed by atoms with E-state index in [9.17, 15) is 18.0 Å². The molecule has 7 heteroatoms. The Morgan fingerprint density at radius 1 is 1.37 bits per heavy atom. The first-order valence-electron chi connectivity index (χ1n) is 5.48. The predicted octanol–water partition coefficient (Wildman–Crippen LogP) is 1.47. The minimum atomic E-state index is -1.68. The van der Waals surface area contributed by atoms with Crippen LogP contribution in [0.3, 0.4) is 0 Å². The van der Waals surface area contributed by atoms with Crippen LogP contribution in [0, 0.1) is 28.8 Å². The van der Waals surface area contributed by atoms with Crippen LogP contribution in [0.2, 0.25) is 0 Å². The first-order valence-corrected chi connectivity index (χ1v) is 5.48. The monoisotopic (exact) mass is 270 g/mol. The molecule has 100 valence electrons. The van der Waals surface area contributed by atoms with Gasteiger partial charge in [-0.1, -0.05) is 0 Å². The summed E-state index contributed by atoms with van der Waals surface area (Å²) in [6, 6.07) is 3.40. The first kappa shape index (κ1) is 13.4. The molecule has 1 fully saturated rings. The SMILES string of the molecule is N#CC1CN(C(=O)c2ccc(F)c(F)c2F)CCO1. The Morgan fingerprint density at radius 2 is 2.11 bits per heavy atom. The van der Waals surface area contributed by atoms with Crippen molar-refractivity contribution in [2.24, 2.45) is 0 Å². The van der Waals surface area contributed by atoms with Crippen molar-refractivity contribution in [2.75, 3.05) is 19.7 Å². The van der Waals surface area contributed by atoms with E-state index in [1.54, 1.807) is 0 Å². The number of benzene rings is 1. The zero-order valence-electron chi connectivity index (χ0n) is 9.70. The number of nitriles is 1. The molecule has 1 aliphatic rings. The number of halogens is 3. The van der Waals surface area contributed by atoms with E-state index in [1.807, 2.05) is 6.07 Å². The van der Waals surface area contributed by atoms with Crippen LogP contribution >= 0.6 is 0 Å². The van der Waals surface area contributed by atoms with E-state index in [1.165, 1.54) is 4.90 Å². The predicted molar refractivity (Wildman–Crippen MR) is 57.6 cm³/mol. The van der Waals surface area contributed by atoms with Crippen molar-refractivity contribution in [3.8, 4) is 6.07 Å². The van der Waals surface area contributed by atoms with E-state index in [2.05, 4.69) is 0 Å². The lowest BCUT2D eigenvalue weighted by atomic mass is 10.1. The van der Waals surface area contributed by atoms with E-state index >= 15 is 0 Å². The number of rotatable bonds is 1. The average molecular weight is 270 g/mol. The summed E-state index contributed by atoms with van der Waals surface area (Å²) in [5, 5.41) is 8.70. The Hall–Kier alpha value is -2.07. The van der Waals surface area contributed by atoms with Crippen LogP contribution in [0.15, 0.2) is 12.1 Å². The maximum atomic E-state index is 13.5. The molecule has 0 radical (unpaired) electrons. The second kappa shape index (κ2) is 5.28. The number of nitrogens with zero attached hydrogens (tertiary/aromatic N) is 2. The maximum Gasteiger partial charge on any atom is 0.257 e. The van der Waals surface area contributed by atoms with Crippen LogP contribution < -0.4 is 0 Å². The largest absolute Gasteiger partial charge is 0.360 e. The third-order valence-corrected chi connectivity index (χ3v) is 2.76. The third kappa shape index (κ3) is 2.53. The average Bonchev–Trinajstić information content (AvgIpc) is 2.44. The summed E-state index contributed by atoms with van der Waals surface area (Å²) in [6.45, 7) is 0.262. The molecule has 1 heterocycles. The van der Waals surface area contributed by atoms with Crippen LogP contribution in [-0.4, -0.2) is 36.6 Å². The summed E-state index contributed by atoms with van der Waals surface area (Å²) in [5.74, 6) is -5.35. The Labute approximate surface area is 107 Å². The summed E-state index contributed by atoms with van der Waals surface area (Å²) in [6.07, 6.45) is -0.800. The summed E-state index contributed by atoms with van der Waals surface area (Å²) >= 11 is 0. The van der Waals surface area contributed by atoms with E-state index in [0.29, 0.717) is 6.07 Å². The second-order valence-corrected chi connectivity index (χ2v) is 3.96. The fraction of sp³-hybridized carbons (Fsp3) is 0.333. The third-order valence-electron chi connectivity index (χ3n) is 2.76. The molecule has 1 amide bonds. The van der Waals surface area contributed by atoms with Crippen LogP contribution in [0.4, 0.5) is 13.2 Å². The van der Waals surface area contributed by atoms with Gasteiger partial charge in [0.05, 0.1) is 24.8 Å². The fourth-order valence-corrected chi connectivity index (χ4v) is 1.77. The lowest BCUT2D eigenvalue weighted by molar-refractivity contribution is 0.00321. The van der Waals surface area contributed by atoms with Gasteiger partial charge in [-0.05, 0) is 12.1 Å². The van der Waals surface area contributed by atoms with Crippen molar-refractivity contribution < 1.29 is 22.7 Å². The Kier molecular flexibility index (Phi) is 3.71. The number of morpholine rings is 1. The summed E-state index contributed by atoms with van der Waals surface area (Å²) < 4.78 is 44.4. The number of carbonyl (C=O) groups is 1. The van der Waals surface area contributed by atoms with Gasteiger partial charge in [0.25, 0.3) is 5.91 Å². The van der Waals surface area contributed by atoms with Crippen molar-refractivity contribution >= 4 is 5.91 Å². The second-order valence-electron chi connectivity index (χ2n) is 3.96. The van der Waals surface area contributed by atoms with Gasteiger partial charge in [-0.15, -0.1) is 0 Å². The highest BCUT2D eigenvalue weighted by Crippen LogP contribution is 2.18. The highest BCUT2D eigenvalue weighted by molar-refractivity contribution is 5.94. The highest BCUT2D eigenvalue weighted by atomic mass is 19.2. The molecule has 4 nitrogen and oxygen atoms in total. The molecule has 0 N–H and O–H groups in total. The Bertz CT molecular complexity index is 557. The molecule has 1 aromatic carbocycles. The van der Waals surface area contributed by atoms with Crippen LogP contribution in [0.5, 0.6) is 0 Å². The summed E-state index contributed by atoms with van der Waals surface area (Å²) in [5.41, 5.74) is -0.558. The van der Waals surface area contributed by atoms with Gasteiger partial charge in [0, 0.05) is 6.54 Å². The van der Waals surface area contributed by atoms with Gasteiger partial charge in [0.1, 0.15) is 0 Å². The van der Waals surface area contributed by atoms with Crippen molar-refractivity contribution in [1.29, 1.82) is 5.26 Å². The van der Waals surface area contributed by atoms with Gasteiger partial charge in [-0.25, -0.2) is 13.2 Å². The van der Waals surface area contributed by atoms with Gasteiger partial charge in [-0.2, -0.15) is 5.26 Å². The number of ether oxygens (including phenoxy) is 1. The smallest absolute Gasteiger partial charge is 0.257 e. The van der Waals surface area contributed by atoms with E-state index in [4.69, 9.17) is 10.00 Å². The molecule has 19 heavy (non-hydrogen) atoms. The molecule has 1 aliphatic heterocycles. The molecule has 0 bridgehead atoms. The fourth-order valence-electron chi connectivity index (χ4n) is 1.77. The summed E-state index contributed by atoms with van der Waals surface area (Å²) in [7, 11) is 0. The zero-order valence-corrected chi connectivity index (χ0v) is 9.70. The topological polar surface area (TPSA) is 53.3 Å². The molecule has 0 aromatic heterocycles. The first-order chi connectivity index (χ1) is 9.04.